The molecule has 7 heteroatoms. The molecule has 2 aromatic rings. The number of benzene rings is 2. The van der Waals surface area contributed by atoms with Crippen molar-refractivity contribution in [2.45, 2.75) is 63.3 Å². The first-order chi connectivity index (χ1) is 16.4. The van der Waals surface area contributed by atoms with Crippen molar-refractivity contribution < 1.29 is 24.2 Å². The summed E-state index contributed by atoms with van der Waals surface area (Å²) >= 11 is 0. The summed E-state index contributed by atoms with van der Waals surface area (Å²) in [5.41, 5.74) is 11.1. The maximum absolute atomic E-state index is 12.8. The average molecular weight is 465 g/mol. The highest BCUT2D eigenvalue weighted by Gasteiger charge is 2.37. The van der Waals surface area contributed by atoms with Gasteiger partial charge >= 0.3 is 12.1 Å². The van der Waals surface area contributed by atoms with Gasteiger partial charge in [-0.15, -0.1) is 0 Å². The number of nitrogens with two attached hydrogens (primary N) is 1. The van der Waals surface area contributed by atoms with Gasteiger partial charge in [-0.25, -0.2) is 9.59 Å². The van der Waals surface area contributed by atoms with Gasteiger partial charge in [0.1, 0.15) is 6.61 Å². The molecule has 0 unspecified atom stereocenters. The SMILES string of the molecule is CCC(CC)O[C@@H]1C=C(C(=O)O)C[C@H](N)[C@H]1NC(=O)OCC1c2ccccc2-c2ccccc21. The smallest absolute Gasteiger partial charge is 0.407 e. The Kier molecular flexibility index (Phi) is 7.34. The summed E-state index contributed by atoms with van der Waals surface area (Å²) < 4.78 is 11.8. The van der Waals surface area contributed by atoms with Gasteiger partial charge in [-0.1, -0.05) is 62.4 Å². The number of rotatable bonds is 8. The van der Waals surface area contributed by atoms with E-state index in [2.05, 4.69) is 29.6 Å². The Morgan fingerprint density at radius 2 is 1.65 bits per heavy atom. The summed E-state index contributed by atoms with van der Waals surface area (Å²) in [6.45, 7) is 4.20. The normalized spacial score (nSPS) is 21.5. The van der Waals surface area contributed by atoms with E-state index in [-0.39, 0.29) is 30.6 Å². The van der Waals surface area contributed by atoms with Crippen molar-refractivity contribution in [2.75, 3.05) is 6.61 Å². The van der Waals surface area contributed by atoms with Crippen LogP contribution >= 0.6 is 0 Å². The zero-order valence-electron chi connectivity index (χ0n) is 19.6. The number of carbonyl (C=O) groups excluding carboxylic acids is 1. The van der Waals surface area contributed by atoms with Gasteiger partial charge < -0.3 is 25.6 Å². The van der Waals surface area contributed by atoms with Gasteiger partial charge in [-0.05, 0) is 47.6 Å². The number of ether oxygens (including phenoxy) is 2. The second-order valence-electron chi connectivity index (χ2n) is 8.90. The van der Waals surface area contributed by atoms with Crippen molar-refractivity contribution in [3.8, 4) is 11.1 Å². The van der Waals surface area contributed by atoms with E-state index in [0.29, 0.717) is 0 Å². The zero-order valence-corrected chi connectivity index (χ0v) is 19.6. The van der Waals surface area contributed by atoms with E-state index in [4.69, 9.17) is 15.2 Å². The number of hydrogen-bond acceptors (Lipinski definition) is 5. The molecule has 4 N–H and O–H groups in total. The van der Waals surface area contributed by atoms with Crippen molar-refractivity contribution in [1.82, 2.24) is 5.32 Å². The molecule has 0 heterocycles. The molecule has 2 aliphatic rings. The van der Waals surface area contributed by atoms with Crippen LogP contribution < -0.4 is 11.1 Å². The van der Waals surface area contributed by atoms with Crippen LogP contribution in [0.1, 0.15) is 50.2 Å². The van der Waals surface area contributed by atoms with Crippen LogP contribution in [0.4, 0.5) is 4.79 Å². The molecule has 0 saturated carbocycles. The van der Waals surface area contributed by atoms with Crippen molar-refractivity contribution >= 4 is 12.1 Å². The number of carboxylic acid groups (broad SMARTS) is 1. The molecule has 180 valence electrons. The topological polar surface area (TPSA) is 111 Å². The predicted molar refractivity (Wildman–Crippen MR) is 130 cm³/mol. The average Bonchev–Trinajstić information content (AvgIpc) is 3.16. The highest BCUT2D eigenvalue weighted by molar-refractivity contribution is 5.87. The molecule has 0 bridgehead atoms. The maximum atomic E-state index is 12.8. The number of fused-ring (bicyclic) bond motifs is 3. The molecule has 0 radical (unpaired) electrons. The van der Waals surface area contributed by atoms with Gasteiger partial charge in [0.25, 0.3) is 0 Å². The number of amides is 1. The van der Waals surface area contributed by atoms with E-state index in [1.165, 1.54) is 0 Å². The second kappa shape index (κ2) is 10.4. The summed E-state index contributed by atoms with van der Waals surface area (Å²) in [4.78, 5) is 24.4. The molecule has 4 rings (SSSR count). The van der Waals surface area contributed by atoms with Gasteiger partial charge in [0.2, 0.25) is 0 Å². The van der Waals surface area contributed by atoms with Crippen LogP contribution in [0.2, 0.25) is 0 Å². The third-order valence-electron chi connectivity index (χ3n) is 6.80. The Hall–Kier alpha value is -3.16. The quantitative estimate of drug-likeness (QED) is 0.540. The van der Waals surface area contributed by atoms with Gasteiger partial charge in [0.05, 0.1) is 18.2 Å². The second-order valence-corrected chi connectivity index (χ2v) is 8.90. The maximum Gasteiger partial charge on any atom is 0.407 e. The lowest BCUT2D eigenvalue weighted by Crippen LogP contribution is -2.57. The minimum Gasteiger partial charge on any atom is -0.478 e. The largest absolute Gasteiger partial charge is 0.478 e. The molecule has 0 fully saturated rings. The molecule has 3 atom stereocenters. The first-order valence-corrected chi connectivity index (χ1v) is 11.9. The lowest BCUT2D eigenvalue weighted by atomic mass is 9.88. The molecular weight excluding hydrogens is 432 g/mol. The van der Waals surface area contributed by atoms with Gasteiger partial charge in [0.15, 0.2) is 0 Å². The van der Waals surface area contributed by atoms with Crippen LogP contribution in [0.25, 0.3) is 11.1 Å². The highest BCUT2D eigenvalue weighted by atomic mass is 16.5. The fourth-order valence-electron chi connectivity index (χ4n) is 4.95. The number of carbonyl (C=O) groups is 2. The highest BCUT2D eigenvalue weighted by Crippen LogP contribution is 2.44. The molecule has 0 saturated heterocycles. The molecule has 0 aliphatic heterocycles. The molecule has 1 amide bonds. The van der Waals surface area contributed by atoms with Crippen LogP contribution in [0, 0.1) is 0 Å². The van der Waals surface area contributed by atoms with E-state index < -0.39 is 30.3 Å². The van der Waals surface area contributed by atoms with E-state index in [1.807, 2.05) is 38.1 Å². The summed E-state index contributed by atoms with van der Waals surface area (Å²) in [7, 11) is 0. The van der Waals surface area contributed by atoms with E-state index >= 15 is 0 Å². The van der Waals surface area contributed by atoms with Crippen molar-refractivity contribution in [3.05, 3.63) is 71.3 Å². The number of alkyl carbamates (subject to hydrolysis) is 1. The molecule has 2 aliphatic carbocycles. The molecular formula is C27H32N2O5. The zero-order chi connectivity index (χ0) is 24.2. The molecule has 7 nitrogen and oxygen atoms in total. The van der Waals surface area contributed by atoms with E-state index in [9.17, 15) is 14.7 Å². The third kappa shape index (κ3) is 4.86. The summed E-state index contributed by atoms with van der Waals surface area (Å²) in [6, 6.07) is 15.1. The lowest BCUT2D eigenvalue weighted by molar-refractivity contribution is -0.133. The number of aliphatic carboxylic acids is 1. The van der Waals surface area contributed by atoms with Crippen molar-refractivity contribution in [2.24, 2.45) is 5.73 Å². The molecule has 2 aromatic carbocycles. The Bertz CT molecular complexity index is 1030. The Morgan fingerprint density at radius 3 is 2.21 bits per heavy atom. The minimum absolute atomic E-state index is 0.0479. The number of hydrogen-bond donors (Lipinski definition) is 3. The van der Waals surface area contributed by atoms with Crippen molar-refractivity contribution in [1.29, 1.82) is 0 Å². The lowest BCUT2D eigenvalue weighted by Gasteiger charge is -2.36. The van der Waals surface area contributed by atoms with Crippen LogP contribution in [-0.2, 0) is 14.3 Å². The summed E-state index contributed by atoms with van der Waals surface area (Å²) in [5.74, 6) is -1.07. The fourth-order valence-corrected chi connectivity index (χ4v) is 4.95. The van der Waals surface area contributed by atoms with Crippen LogP contribution in [0.15, 0.2) is 60.2 Å². The minimum atomic E-state index is -1.02. The monoisotopic (exact) mass is 464 g/mol. The van der Waals surface area contributed by atoms with E-state index in [1.54, 1.807) is 6.08 Å². The Balaban J connectivity index is 1.47. The number of nitrogens with one attached hydrogen (secondary N) is 1. The van der Waals surface area contributed by atoms with E-state index in [0.717, 1.165) is 35.1 Å². The summed E-state index contributed by atoms with van der Waals surface area (Å²) in [5, 5.41) is 12.3. The van der Waals surface area contributed by atoms with Gasteiger partial charge in [0, 0.05) is 17.5 Å². The van der Waals surface area contributed by atoms with Crippen LogP contribution in [0.3, 0.4) is 0 Å². The summed E-state index contributed by atoms with van der Waals surface area (Å²) in [6.07, 6.45) is 1.97. The van der Waals surface area contributed by atoms with Gasteiger partial charge in [-0.2, -0.15) is 0 Å². The van der Waals surface area contributed by atoms with Crippen molar-refractivity contribution in [3.63, 3.8) is 0 Å². The number of carboxylic acids is 1. The Morgan fingerprint density at radius 1 is 1.06 bits per heavy atom. The molecule has 34 heavy (non-hydrogen) atoms. The Labute approximate surface area is 199 Å². The first-order valence-electron chi connectivity index (χ1n) is 11.9. The van der Waals surface area contributed by atoms with Gasteiger partial charge in [-0.3, -0.25) is 0 Å². The standard InChI is InChI=1S/C27H32N2O5/c1-3-17(4-2)34-24-14-16(26(30)31)13-23(28)25(24)29-27(32)33-15-22-20-11-7-5-9-18(20)19-10-6-8-12-21(19)22/h5-12,14,17,22-25H,3-4,13,15,28H2,1-2H3,(H,29,32)(H,30,31)/t23-,24+,25+/m0/s1. The molecule has 0 spiro atoms. The van der Waals surface area contributed by atoms with Crippen LogP contribution in [0.5, 0.6) is 0 Å². The first kappa shape index (κ1) is 24.0. The predicted octanol–water partition coefficient (Wildman–Crippen LogP) is 4.21. The van der Waals surface area contributed by atoms with Crippen LogP contribution in [-0.4, -0.2) is 48.1 Å². The third-order valence-corrected chi connectivity index (χ3v) is 6.80. The fraction of sp³-hybridized carbons (Fsp3) is 0.407. The molecule has 0 aromatic heterocycles.